The minimum Gasteiger partial charge on any atom is -0.384 e. The molecule has 1 N–H and O–H groups in total. The first-order valence-electron chi connectivity index (χ1n) is 7.04. The maximum atomic E-state index is 11.0. The van der Waals surface area contributed by atoms with Crippen molar-refractivity contribution in [2.24, 2.45) is 11.3 Å². The van der Waals surface area contributed by atoms with Crippen molar-refractivity contribution < 1.29 is 5.11 Å². The minimum atomic E-state index is -1.08. The zero-order chi connectivity index (χ0) is 14.3. The molecule has 1 aromatic carbocycles. The third-order valence-corrected chi connectivity index (χ3v) is 4.98. The molecule has 0 aromatic heterocycles. The Morgan fingerprint density at radius 3 is 2.53 bits per heavy atom. The van der Waals surface area contributed by atoms with Gasteiger partial charge in [-0.3, -0.25) is 0 Å². The predicted molar refractivity (Wildman–Crippen MR) is 76.5 cm³/mol. The number of nitrogens with zero attached hydrogens (tertiary/aromatic N) is 1. The molecule has 1 saturated carbocycles. The lowest BCUT2D eigenvalue weighted by atomic mass is 9.68. The third-order valence-electron chi connectivity index (χ3n) is 4.98. The molecule has 3 atom stereocenters. The van der Waals surface area contributed by atoms with Crippen molar-refractivity contribution in [3.8, 4) is 6.07 Å². The van der Waals surface area contributed by atoms with Crippen molar-refractivity contribution in [3.63, 3.8) is 0 Å². The molecule has 2 heteroatoms. The molecule has 0 spiro atoms. The standard InChI is InChI=1S/C17H23NO/c1-12-7-8-17(10-12,11-18)16(4,19)15-6-5-13(2)14(3)9-15/h5-6,9,12,19H,7-8,10H2,1-4H3. The van der Waals surface area contributed by atoms with Crippen molar-refractivity contribution in [1.29, 1.82) is 5.26 Å². The molecule has 2 nitrogen and oxygen atoms in total. The van der Waals surface area contributed by atoms with Crippen LogP contribution >= 0.6 is 0 Å². The Morgan fingerprint density at radius 2 is 2.05 bits per heavy atom. The van der Waals surface area contributed by atoms with Crippen LogP contribution in [0.1, 0.15) is 49.8 Å². The number of aryl methyl sites for hydroxylation is 2. The third kappa shape index (κ3) is 2.17. The number of rotatable bonds is 2. The fraction of sp³-hybridized carbons (Fsp3) is 0.588. The Kier molecular flexibility index (Phi) is 3.45. The fourth-order valence-electron chi connectivity index (χ4n) is 3.26. The van der Waals surface area contributed by atoms with Gasteiger partial charge < -0.3 is 5.11 Å². The summed E-state index contributed by atoms with van der Waals surface area (Å²) in [6.45, 7) is 8.07. The molecule has 2 rings (SSSR count). The van der Waals surface area contributed by atoms with Crippen LogP contribution in [0.2, 0.25) is 0 Å². The van der Waals surface area contributed by atoms with Crippen molar-refractivity contribution in [2.45, 2.75) is 52.6 Å². The fourth-order valence-corrected chi connectivity index (χ4v) is 3.26. The molecule has 1 aliphatic rings. The Balaban J connectivity index is 2.46. The monoisotopic (exact) mass is 257 g/mol. The lowest BCUT2D eigenvalue weighted by molar-refractivity contribution is -0.0439. The second-order valence-electron chi connectivity index (χ2n) is 6.41. The summed E-state index contributed by atoms with van der Waals surface area (Å²) in [5, 5.41) is 20.7. The van der Waals surface area contributed by atoms with Gasteiger partial charge in [0.1, 0.15) is 5.60 Å². The molecule has 1 fully saturated rings. The van der Waals surface area contributed by atoms with E-state index < -0.39 is 11.0 Å². The second-order valence-corrected chi connectivity index (χ2v) is 6.41. The van der Waals surface area contributed by atoms with Gasteiger partial charge >= 0.3 is 0 Å². The Labute approximate surface area is 116 Å². The molecule has 0 radical (unpaired) electrons. The van der Waals surface area contributed by atoms with Crippen molar-refractivity contribution in [2.75, 3.05) is 0 Å². The van der Waals surface area contributed by atoms with Crippen LogP contribution in [0.25, 0.3) is 0 Å². The van der Waals surface area contributed by atoms with Crippen molar-refractivity contribution in [3.05, 3.63) is 34.9 Å². The highest BCUT2D eigenvalue weighted by Crippen LogP contribution is 2.52. The molecule has 0 aliphatic heterocycles. The summed E-state index contributed by atoms with van der Waals surface area (Å²) < 4.78 is 0. The van der Waals surface area contributed by atoms with Crippen LogP contribution < -0.4 is 0 Å². The van der Waals surface area contributed by atoms with Gasteiger partial charge in [0, 0.05) is 0 Å². The molecule has 19 heavy (non-hydrogen) atoms. The lowest BCUT2D eigenvalue weighted by Gasteiger charge is -2.38. The second kappa shape index (κ2) is 4.65. The zero-order valence-corrected chi connectivity index (χ0v) is 12.3. The van der Waals surface area contributed by atoms with E-state index in [0.717, 1.165) is 30.4 Å². The maximum absolute atomic E-state index is 11.0. The van der Waals surface area contributed by atoms with E-state index in [1.807, 2.05) is 25.1 Å². The van der Waals surface area contributed by atoms with Crippen molar-refractivity contribution >= 4 is 0 Å². The maximum Gasteiger partial charge on any atom is 0.105 e. The van der Waals surface area contributed by atoms with Gasteiger partial charge in [-0.05, 0) is 62.6 Å². The molecule has 1 aliphatic carbocycles. The van der Waals surface area contributed by atoms with E-state index in [-0.39, 0.29) is 0 Å². The van der Waals surface area contributed by atoms with Gasteiger partial charge in [-0.25, -0.2) is 0 Å². The average Bonchev–Trinajstić information content (AvgIpc) is 2.76. The van der Waals surface area contributed by atoms with Gasteiger partial charge in [0.2, 0.25) is 0 Å². The van der Waals surface area contributed by atoms with Gasteiger partial charge in [0.25, 0.3) is 0 Å². The molecular formula is C17H23NO. The van der Waals surface area contributed by atoms with E-state index in [1.165, 1.54) is 5.56 Å². The van der Waals surface area contributed by atoms with Crippen LogP contribution in [0.4, 0.5) is 0 Å². The number of hydrogen-bond donors (Lipinski definition) is 1. The molecule has 102 valence electrons. The molecular weight excluding hydrogens is 234 g/mol. The molecule has 0 heterocycles. The number of hydrogen-bond acceptors (Lipinski definition) is 2. The van der Waals surface area contributed by atoms with E-state index in [1.54, 1.807) is 6.92 Å². The quantitative estimate of drug-likeness (QED) is 0.874. The Hall–Kier alpha value is -1.33. The first-order valence-corrected chi connectivity index (χ1v) is 7.04. The van der Waals surface area contributed by atoms with Gasteiger partial charge in [0.15, 0.2) is 0 Å². The average molecular weight is 257 g/mol. The first kappa shape index (κ1) is 14.1. The number of aliphatic hydroxyl groups is 1. The Morgan fingerprint density at radius 1 is 1.37 bits per heavy atom. The summed E-state index contributed by atoms with van der Waals surface area (Å²) in [5.41, 5.74) is 1.52. The smallest absolute Gasteiger partial charge is 0.105 e. The summed E-state index contributed by atoms with van der Waals surface area (Å²) in [6.07, 6.45) is 2.59. The number of benzene rings is 1. The molecule has 3 unspecified atom stereocenters. The van der Waals surface area contributed by atoms with Gasteiger partial charge in [0.05, 0.1) is 11.5 Å². The highest BCUT2D eigenvalue weighted by atomic mass is 16.3. The summed E-state index contributed by atoms with van der Waals surface area (Å²) in [4.78, 5) is 0. The molecule has 1 aromatic rings. The summed E-state index contributed by atoms with van der Waals surface area (Å²) in [6, 6.07) is 8.45. The van der Waals surface area contributed by atoms with Crippen LogP contribution in [0, 0.1) is 36.5 Å². The van der Waals surface area contributed by atoms with E-state index in [0.29, 0.717) is 5.92 Å². The highest BCUT2D eigenvalue weighted by Gasteiger charge is 2.52. The van der Waals surface area contributed by atoms with E-state index >= 15 is 0 Å². The SMILES string of the molecule is Cc1ccc(C(C)(O)C2(C#N)CCC(C)C2)cc1C. The summed E-state index contributed by atoms with van der Waals surface area (Å²) in [7, 11) is 0. The predicted octanol–water partition coefficient (Wildman–Crippen LogP) is 3.84. The minimum absolute atomic E-state index is 0.512. The lowest BCUT2D eigenvalue weighted by Crippen LogP contribution is -2.41. The molecule has 0 amide bonds. The van der Waals surface area contributed by atoms with E-state index in [9.17, 15) is 10.4 Å². The van der Waals surface area contributed by atoms with Crippen LogP contribution in [-0.2, 0) is 5.60 Å². The zero-order valence-electron chi connectivity index (χ0n) is 12.3. The van der Waals surface area contributed by atoms with E-state index in [4.69, 9.17) is 0 Å². The highest BCUT2D eigenvalue weighted by molar-refractivity contribution is 5.36. The normalized spacial score (nSPS) is 29.8. The van der Waals surface area contributed by atoms with Crippen LogP contribution in [-0.4, -0.2) is 5.11 Å². The van der Waals surface area contributed by atoms with Gasteiger partial charge in [-0.2, -0.15) is 5.26 Å². The largest absolute Gasteiger partial charge is 0.384 e. The van der Waals surface area contributed by atoms with Gasteiger partial charge in [-0.1, -0.05) is 25.1 Å². The first-order chi connectivity index (χ1) is 8.82. The summed E-state index contributed by atoms with van der Waals surface area (Å²) in [5.74, 6) is 0.512. The Bertz CT molecular complexity index is 527. The molecule has 0 saturated heterocycles. The summed E-state index contributed by atoms with van der Waals surface area (Å²) >= 11 is 0. The van der Waals surface area contributed by atoms with Crippen LogP contribution in [0.15, 0.2) is 18.2 Å². The number of nitriles is 1. The molecule has 0 bridgehead atoms. The topological polar surface area (TPSA) is 44.0 Å². The van der Waals surface area contributed by atoms with Gasteiger partial charge in [-0.15, -0.1) is 0 Å². The van der Waals surface area contributed by atoms with Crippen molar-refractivity contribution in [1.82, 2.24) is 0 Å². The van der Waals surface area contributed by atoms with Crippen LogP contribution in [0.5, 0.6) is 0 Å². The van der Waals surface area contributed by atoms with Crippen LogP contribution in [0.3, 0.4) is 0 Å². The van der Waals surface area contributed by atoms with E-state index in [2.05, 4.69) is 19.9 Å².